The molecule has 0 bridgehead atoms. The Bertz CT molecular complexity index is 477. The quantitative estimate of drug-likeness (QED) is 0.926. The van der Waals surface area contributed by atoms with Crippen LogP contribution < -0.4 is 5.32 Å². The van der Waals surface area contributed by atoms with Crippen molar-refractivity contribution in [1.29, 1.82) is 5.26 Å². The zero-order valence-corrected chi connectivity index (χ0v) is 13.8. The first kappa shape index (κ1) is 18.3. The summed E-state index contributed by atoms with van der Waals surface area (Å²) in [6.07, 6.45) is 4.04. The van der Waals surface area contributed by atoms with Gasteiger partial charge in [-0.3, -0.25) is 4.90 Å². The van der Waals surface area contributed by atoms with Crippen molar-refractivity contribution < 1.29 is 0 Å². The van der Waals surface area contributed by atoms with E-state index in [2.05, 4.69) is 28.4 Å². The summed E-state index contributed by atoms with van der Waals surface area (Å²) in [4.78, 5) is 2.61. The summed E-state index contributed by atoms with van der Waals surface area (Å²) in [5, 5.41) is 12.5. The van der Waals surface area contributed by atoms with Crippen LogP contribution in [0.15, 0.2) is 24.3 Å². The summed E-state index contributed by atoms with van der Waals surface area (Å²) in [6.45, 7) is 4.41. The van der Waals surface area contributed by atoms with Gasteiger partial charge in [0.2, 0.25) is 0 Å². The Kier molecular flexibility index (Phi) is 7.48. The summed E-state index contributed by atoms with van der Waals surface area (Å²) in [6, 6.07) is 11.0. The fourth-order valence-corrected chi connectivity index (χ4v) is 3.29. The van der Waals surface area contributed by atoms with Crippen LogP contribution in [-0.4, -0.2) is 31.1 Å². The summed E-state index contributed by atoms with van der Waals surface area (Å²) < 4.78 is 0. The van der Waals surface area contributed by atoms with Crippen molar-refractivity contribution >= 4 is 24.8 Å². The molecule has 2 fully saturated rings. The summed E-state index contributed by atoms with van der Waals surface area (Å²) >= 11 is 0. The van der Waals surface area contributed by atoms with E-state index in [0.29, 0.717) is 6.04 Å². The van der Waals surface area contributed by atoms with Crippen LogP contribution in [0.2, 0.25) is 0 Å². The normalized spacial score (nSPS) is 20.3. The first-order chi connectivity index (χ1) is 9.38. The topological polar surface area (TPSA) is 39.1 Å². The fraction of sp³-hybridized carbons (Fsp3) is 0.562. The second-order valence-corrected chi connectivity index (χ2v) is 5.66. The van der Waals surface area contributed by atoms with Gasteiger partial charge >= 0.3 is 0 Å². The van der Waals surface area contributed by atoms with Gasteiger partial charge in [0.1, 0.15) is 0 Å². The Morgan fingerprint density at radius 1 is 1.19 bits per heavy atom. The summed E-state index contributed by atoms with van der Waals surface area (Å²) in [7, 11) is 0. The molecule has 1 aromatic carbocycles. The van der Waals surface area contributed by atoms with Gasteiger partial charge in [0.15, 0.2) is 0 Å². The lowest BCUT2D eigenvalue weighted by Gasteiger charge is -2.43. The number of nitriles is 1. The maximum atomic E-state index is 9.09. The molecule has 1 N–H and O–H groups in total. The molecular formula is C16H23Cl2N3. The standard InChI is InChI=1S/C16H21N3.2ClH/c17-12-13-3-1-6-15(11-13)16(14-4-2-5-14)19-9-7-18-8-10-19;;/h1,3,6,11,14,16,18H,2,4-5,7-10H2;2*1H/t16-;;/m0../s1. The van der Waals surface area contributed by atoms with E-state index < -0.39 is 0 Å². The van der Waals surface area contributed by atoms with Crippen LogP contribution in [-0.2, 0) is 0 Å². The van der Waals surface area contributed by atoms with Crippen LogP contribution in [0.1, 0.15) is 36.4 Å². The number of hydrogen-bond acceptors (Lipinski definition) is 3. The highest BCUT2D eigenvalue weighted by Crippen LogP contribution is 2.41. The van der Waals surface area contributed by atoms with Crippen molar-refractivity contribution in [3.8, 4) is 6.07 Å². The largest absolute Gasteiger partial charge is 0.314 e. The van der Waals surface area contributed by atoms with Gasteiger partial charge in [-0.15, -0.1) is 24.8 Å². The van der Waals surface area contributed by atoms with E-state index in [-0.39, 0.29) is 24.8 Å². The van der Waals surface area contributed by atoms with Crippen molar-refractivity contribution in [2.75, 3.05) is 26.2 Å². The minimum Gasteiger partial charge on any atom is -0.314 e. The van der Waals surface area contributed by atoms with Gasteiger partial charge in [-0.25, -0.2) is 0 Å². The third-order valence-electron chi connectivity index (χ3n) is 4.50. The summed E-state index contributed by atoms with van der Waals surface area (Å²) in [5.41, 5.74) is 2.13. The van der Waals surface area contributed by atoms with Crippen LogP contribution >= 0.6 is 24.8 Å². The summed E-state index contributed by atoms with van der Waals surface area (Å²) in [5.74, 6) is 0.784. The molecule has 1 aliphatic heterocycles. The smallest absolute Gasteiger partial charge is 0.0991 e. The number of rotatable bonds is 3. The molecule has 1 heterocycles. The van der Waals surface area contributed by atoms with Crippen LogP contribution in [0, 0.1) is 17.2 Å². The zero-order chi connectivity index (χ0) is 13.1. The van der Waals surface area contributed by atoms with Crippen molar-refractivity contribution in [1.82, 2.24) is 10.2 Å². The van der Waals surface area contributed by atoms with Gasteiger partial charge < -0.3 is 5.32 Å². The first-order valence-electron chi connectivity index (χ1n) is 7.33. The Morgan fingerprint density at radius 2 is 1.90 bits per heavy atom. The van der Waals surface area contributed by atoms with Gasteiger partial charge in [0, 0.05) is 32.2 Å². The number of halogens is 2. The molecule has 0 aromatic heterocycles. The van der Waals surface area contributed by atoms with Gasteiger partial charge in [0.25, 0.3) is 0 Å². The molecular weight excluding hydrogens is 305 g/mol. The molecule has 1 aliphatic carbocycles. The predicted octanol–water partition coefficient (Wildman–Crippen LogP) is 3.15. The highest BCUT2D eigenvalue weighted by Gasteiger charge is 2.33. The highest BCUT2D eigenvalue weighted by atomic mass is 35.5. The lowest BCUT2D eigenvalue weighted by molar-refractivity contribution is 0.0837. The van der Waals surface area contributed by atoms with Gasteiger partial charge in [-0.1, -0.05) is 18.6 Å². The lowest BCUT2D eigenvalue weighted by Crippen LogP contribution is -2.47. The number of hydrogen-bond donors (Lipinski definition) is 1. The molecule has 1 saturated heterocycles. The van der Waals surface area contributed by atoms with Gasteiger partial charge in [0.05, 0.1) is 11.6 Å². The third kappa shape index (κ3) is 4.11. The minimum atomic E-state index is 0. The molecule has 0 spiro atoms. The molecule has 3 rings (SSSR count). The van der Waals surface area contributed by atoms with Crippen molar-refractivity contribution in [3.63, 3.8) is 0 Å². The van der Waals surface area contributed by atoms with E-state index in [1.807, 2.05) is 12.1 Å². The molecule has 2 aliphatic rings. The molecule has 1 saturated carbocycles. The van der Waals surface area contributed by atoms with Crippen LogP contribution in [0.4, 0.5) is 0 Å². The van der Waals surface area contributed by atoms with Crippen molar-refractivity contribution in [2.45, 2.75) is 25.3 Å². The Labute approximate surface area is 139 Å². The van der Waals surface area contributed by atoms with E-state index in [1.165, 1.54) is 24.8 Å². The number of benzene rings is 1. The zero-order valence-electron chi connectivity index (χ0n) is 12.1. The van der Waals surface area contributed by atoms with E-state index in [0.717, 1.165) is 37.7 Å². The molecule has 1 atom stereocenters. The van der Waals surface area contributed by atoms with Crippen molar-refractivity contribution in [2.24, 2.45) is 5.92 Å². The van der Waals surface area contributed by atoms with E-state index in [9.17, 15) is 0 Å². The molecule has 21 heavy (non-hydrogen) atoms. The fourth-order valence-electron chi connectivity index (χ4n) is 3.29. The second-order valence-electron chi connectivity index (χ2n) is 5.66. The third-order valence-corrected chi connectivity index (χ3v) is 4.50. The number of nitrogens with zero attached hydrogens (tertiary/aromatic N) is 2. The monoisotopic (exact) mass is 327 g/mol. The Morgan fingerprint density at radius 3 is 2.48 bits per heavy atom. The number of nitrogens with one attached hydrogen (secondary N) is 1. The van der Waals surface area contributed by atoms with Crippen LogP contribution in [0.5, 0.6) is 0 Å². The average molecular weight is 328 g/mol. The molecule has 1 aromatic rings. The second kappa shape index (κ2) is 8.60. The van der Waals surface area contributed by atoms with E-state index in [1.54, 1.807) is 0 Å². The molecule has 3 nitrogen and oxygen atoms in total. The maximum absolute atomic E-state index is 9.09. The predicted molar refractivity (Wildman–Crippen MR) is 90.2 cm³/mol. The van der Waals surface area contributed by atoms with Crippen molar-refractivity contribution in [3.05, 3.63) is 35.4 Å². The molecule has 5 heteroatoms. The molecule has 0 amide bonds. The van der Waals surface area contributed by atoms with Gasteiger partial charge in [-0.05, 0) is 36.5 Å². The van der Waals surface area contributed by atoms with Gasteiger partial charge in [-0.2, -0.15) is 5.26 Å². The average Bonchev–Trinajstić information content (AvgIpc) is 2.43. The Hall–Kier alpha value is -0.790. The number of piperazine rings is 1. The first-order valence-corrected chi connectivity index (χ1v) is 7.33. The maximum Gasteiger partial charge on any atom is 0.0991 e. The minimum absolute atomic E-state index is 0. The van der Waals surface area contributed by atoms with E-state index >= 15 is 0 Å². The lowest BCUT2D eigenvalue weighted by atomic mass is 9.76. The molecule has 116 valence electrons. The Balaban J connectivity index is 0.00000110. The molecule has 0 unspecified atom stereocenters. The molecule has 0 radical (unpaired) electrons. The van der Waals surface area contributed by atoms with Crippen LogP contribution in [0.25, 0.3) is 0 Å². The van der Waals surface area contributed by atoms with E-state index in [4.69, 9.17) is 5.26 Å². The highest BCUT2D eigenvalue weighted by molar-refractivity contribution is 5.85. The SMILES string of the molecule is Cl.Cl.N#Cc1cccc([C@H](C2CCC2)N2CCNCC2)c1. The van der Waals surface area contributed by atoms with Crippen LogP contribution in [0.3, 0.4) is 0 Å².